The average molecular weight is 203 g/mol. The Kier molecular flexibility index (Phi) is 7.14. The Morgan fingerprint density at radius 1 is 1.57 bits per heavy atom. The molecule has 0 heterocycles. The maximum absolute atomic E-state index is 9.01. The lowest BCUT2D eigenvalue weighted by Gasteiger charge is -2.15. The third-order valence-corrected chi connectivity index (χ3v) is 2.07. The van der Waals surface area contributed by atoms with E-state index in [1.807, 2.05) is 6.92 Å². The lowest BCUT2D eigenvalue weighted by Crippen LogP contribution is -2.41. The second-order valence-corrected chi connectivity index (χ2v) is 3.43. The molecule has 0 spiro atoms. The van der Waals surface area contributed by atoms with Gasteiger partial charge < -0.3 is 21.4 Å². The highest BCUT2D eigenvalue weighted by Gasteiger charge is 2.09. The number of oxime groups is 1. The van der Waals surface area contributed by atoms with Crippen LogP contribution < -0.4 is 11.1 Å². The number of aliphatic hydroxyl groups excluding tert-OH is 1. The molecule has 0 fully saturated rings. The molecule has 5 heteroatoms. The van der Waals surface area contributed by atoms with Crippen molar-refractivity contribution in [3.63, 3.8) is 0 Å². The molecule has 0 saturated heterocycles. The largest absolute Gasteiger partial charge is 0.409 e. The van der Waals surface area contributed by atoms with E-state index < -0.39 is 0 Å². The van der Waals surface area contributed by atoms with Gasteiger partial charge in [0.2, 0.25) is 0 Å². The molecule has 84 valence electrons. The summed E-state index contributed by atoms with van der Waals surface area (Å²) in [5, 5.41) is 23.6. The zero-order chi connectivity index (χ0) is 11.0. The van der Waals surface area contributed by atoms with Crippen molar-refractivity contribution in [2.45, 2.75) is 45.3 Å². The minimum atomic E-state index is -0.263. The summed E-state index contributed by atoms with van der Waals surface area (Å²) in [5.74, 6) is 0.213. The summed E-state index contributed by atoms with van der Waals surface area (Å²) in [5.41, 5.74) is 5.46. The van der Waals surface area contributed by atoms with Gasteiger partial charge in [-0.2, -0.15) is 0 Å². The number of nitrogens with one attached hydrogen (secondary N) is 1. The number of aliphatic hydroxyl groups is 1. The minimum Gasteiger partial charge on any atom is -0.409 e. The van der Waals surface area contributed by atoms with Crippen LogP contribution in [0.3, 0.4) is 0 Å². The first-order valence-electron chi connectivity index (χ1n) is 5.00. The van der Waals surface area contributed by atoms with Crippen LogP contribution >= 0.6 is 0 Å². The summed E-state index contributed by atoms with van der Waals surface area (Å²) in [6.07, 6.45) is 2.16. The van der Waals surface area contributed by atoms with Crippen LogP contribution in [0.4, 0.5) is 0 Å². The van der Waals surface area contributed by atoms with Crippen LogP contribution in [0.2, 0.25) is 0 Å². The SMILES string of the molecule is CCC(NCCCC(C)O)C(N)=NO. The molecule has 0 aliphatic heterocycles. The molecular weight excluding hydrogens is 182 g/mol. The Morgan fingerprint density at radius 3 is 2.64 bits per heavy atom. The molecule has 0 rings (SSSR count). The van der Waals surface area contributed by atoms with Crippen LogP contribution in [0.5, 0.6) is 0 Å². The monoisotopic (exact) mass is 203 g/mol. The van der Waals surface area contributed by atoms with Gasteiger partial charge in [-0.05, 0) is 32.7 Å². The fraction of sp³-hybridized carbons (Fsp3) is 0.889. The first-order chi connectivity index (χ1) is 6.61. The topological polar surface area (TPSA) is 90.9 Å². The molecule has 0 aromatic carbocycles. The highest BCUT2D eigenvalue weighted by molar-refractivity contribution is 5.85. The lowest BCUT2D eigenvalue weighted by atomic mass is 10.2. The molecule has 0 bridgehead atoms. The van der Waals surface area contributed by atoms with Crippen LogP contribution in [-0.4, -0.2) is 34.8 Å². The van der Waals surface area contributed by atoms with Gasteiger partial charge in [-0.3, -0.25) is 0 Å². The van der Waals surface area contributed by atoms with E-state index in [2.05, 4.69) is 10.5 Å². The van der Waals surface area contributed by atoms with Crippen LogP contribution in [0.15, 0.2) is 5.16 Å². The van der Waals surface area contributed by atoms with Gasteiger partial charge in [0.1, 0.15) is 0 Å². The van der Waals surface area contributed by atoms with Crippen molar-refractivity contribution in [2.75, 3.05) is 6.54 Å². The van der Waals surface area contributed by atoms with E-state index in [4.69, 9.17) is 16.0 Å². The van der Waals surface area contributed by atoms with E-state index in [1.54, 1.807) is 6.92 Å². The maximum Gasteiger partial charge on any atom is 0.156 e. The van der Waals surface area contributed by atoms with E-state index in [0.29, 0.717) is 0 Å². The van der Waals surface area contributed by atoms with E-state index in [-0.39, 0.29) is 18.0 Å². The second kappa shape index (κ2) is 7.58. The summed E-state index contributed by atoms with van der Waals surface area (Å²) in [7, 11) is 0. The zero-order valence-corrected chi connectivity index (χ0v) is 8.90. The Bertz CT molecular complexity index is 171. The molecule has 2 unspecified atom stereocenters. The Hall–Kier alpha value is -0.810. The van der Waals surface area contributed by atoms with Gasteiger partial charge in [0.15, 0.2) is 5.84 Å². The summed E-state index contributed by atoms with van der Waals surface area (Å²) < 4.78 is 0. The molecule has 0 aliphatic rings. The first kappa shape index (κ1) is 13.2. The Morgan fingerprint density at radius 2 is 2.21 bits per heavy atom. The molecule has 2 atom stereocenters. The van der Waals surface area contributed by atoms with Gasteiger partial charge in [0.25, 0.3) is 0 Å². The van der Waals surface area contributed by atoms with Crippen LogP contribution in [-0.2, 0) is 0 Å². The van der Waals surface area contributed by atoms with Crippen LogP contribution in [0.25, 0.3) is 0 Å². The molecule has 14 heavy (non-hydrogen) atoms. The zero-order valence-electron chi connectivity index (χ0n) is 8.90. The third kappa shape index (κ3) is 5.77. The molecule has 5 N–H and O–H groups in total. The van der Waals surface area contributed by atoms with E-state index in [9.17, 15) is 0 Å². The molecule has 0 aromatic heterocycles. The number of rotatable bonds is 7. The summed E-state index contributed by atoms with van der Waals surface area (Å²) in [6, 6.07) is -0.0750. The fourth-order valence-corrected chi connectivity index (χ4v) is 1.20. The van der Waals surface area contributed by atoms with E-state index in [1.165, 1.54) is 0 Å². The quantitative estimate of drug-likeness (QED) is 0.157. The fourth-order valence-electron chi connectivity index (χ4n) is 1.20. The molecule has 0 saturated carbocycles. The molecule has 0 aromatic rings. The smallest absolute Gasteiger partial charge is 0.156 e. The standard InChI is InChI=1S/C9H21N3O2/c1-3-8(9(10)12-14)11-6-4-5-7(2)13/h7-8,11,13-14H,3-6H2,1-2H3,(H2,10,12). The van der Waals surface area contributed by atoms with Gasteiger partial charge in [0, 0.05) is 0 Å². The predicted molar refractivity (Wildman–Crippen MR) is 56.4 cm³/mol. The number of amidine groups is 1. The Labute approximate surface area is 85.0 Å². The molecule has 0 amide bonds. The van der Waals surface area contributed by atoms with Crippen molar-refractivity contribution < 1.29 is 10.3 Å². The first-order valence-corrected chi connectivity index (χ1v) is 5.00. The van der Waals surface area contributed by atoms with Crippen LogP contribution in [0, 0.1) is 0 Å². The number of hydrogen-bond donors (Lipinski definition) is 4. The van der Waals surface area contributed by atoms with Crippen molar-refractivity contribution in [1.29, 1.82) is 0 Å². The number of hydrogen-bond acceptors (Lipinski definition) is 4. The van der Waals surface area contributed by atoms with Crippen molar-refractivity contribution in [3.05, 3.63) is 0 Å². The third-order valence-electron chi connectivity index (χ3n) is 2.07. The van der Waals surface area contributed by atoms with Gasteiger partial charge in [-0.25, -0.2) is 0 Å². The normalized spacial score (nSPS) is 16.6. The van der Waals surface area contributed by atoms with Crippen LogP contribution in [0.1, 0.15) is 33.1 Å². The van der Waals surface area contributed by atoms with E-state index in [0.717, 1.165) is 25.8 Å². The highest BCUT2D eigenvalue weighted by Crippen LogP contribution is 1.96. The average Bonchev–Trinajstić information content (AvgIpc) is 2.16. The molecular formula is C9H21N3O2. The number of nitrogens with two attached hydrogens (primary N) is 1. The highest BCUT2D eigenvalue weighted by atomic mass is 16.4. The van der Waals surface area contributed by atoms with Gasteiger partial charge in [0.05, 0.1) is 12.1 Å². The molecule has 0 radical (unpaired) electrons. The van der Waals surface area contributed by atoms with Crippen molar-refractivity contribution >= 4 is 5.84 Å². The van der Waals surface area contributed by atoms with Crippen molar-refractivity contribution in [2.24, 2.45) is 10.9 Å². The molecule has 0 aliphatic carbocycles. The summed E-state index contributed by atoms with van der Waals surface area (Å²) in [4.78, 5) is 0. The summed E-state index contributed by atoms with van der Waals surface area (Å²) in [6.45, 7) is 4.49. The van der Waals surface area contributed by atoms with E-state index >= 15 is 0 Å². The van der Waals surface area contributed by atoms with Crippen molar-refractivity contribution in [1.82, 2.24) is 5.32 Å². The number of nitrogens with zero attached hydrogens (tertiary/aromatic N) is 1. The lowest BCUT2D eigenvalue weighted by molar-refractivity contribution is 0.181. The predicted octanol–water partition coefficient (Wildman–Crippen LogP) is 0.262. The molecule has 5 nitrogen and oxygen atoms in total. The second-order valence-electron chi connectivity index (χ2n) is 3.43. The van der Waals surface area contributed by atoms with Gasteiger partial charge >= 0.3 is 0 Å². The Balaban J connectivity index is 3.64. The van der Waals surface area contributed by atoms with Gasteiger partial charge in [-0.1, -0.05) is 12.1 Å². The minimum absolute atomic E-state index is 0.0750. The summed E-state index contributed by atoms with van der Waals surface area (Å²) >= 11 is 0. The van der Waals surface area contributed by atoms with Gasteiger partial charge in [-0.15, -0.1) is 0 Å². The van der Waals surface area contributed by atoms with Crippen molar-refractivity contribution in [3.8, 4) is 0 Å². The maximum atomic E-state index is 9.01.